The van der Waals surface area contributed by atoms with Crippen LogP contribution in [-0.4, -0.2) is 87.5 Å². The standard InChI is InChI=1S/C16H25N3O4S2/c1-17(25(21,22)16-5-3-11-24-16)13-15(20)19-8-6-18(7-9-19)12-14-4-2-10-23-14/h3,5,11,14H,2,4,6-10,12-13H2,1H3. The molecule has 1 unspecified atom stereocenters. The number of ether oxygens (including phenoxy) is 1. The number of thiophene rings is 1. The minimum atomic E-state index is -3.58. The zero-order valence-electron chi connectivity index (χ0n) is 14.5. The van der Waals surface area contributed by atoms with Gasteiger partial charge in [0.1, 0.15) is 4.21 Å². The largest absolute Gasteiger partial charge is 0.377 e. The number of carbonyl (C=O) groups excluding carboxylic acids is 1. The molecule has 2 saturated heterocycles. The van der Waals surface area contributed by atoms with E-state index in [1.807, 2.05) is 0 Å². The highest BCUT2D eigenvalue weighted by atomic mass is 32.2. The lowest BCUT2D eigenvalue weighted by Crippen LogP contribution is -2.52. The first kappa shape index (κ1) is 18.8. The molecule has 1 atom stereocenters. The van der Waals surface area contributed by atoms with Crippen molar-refractivity contribution in [2.75, 3.05) is 52.9 Å². The molecule has 1 aromatic rings. The van der Waals surface area contributed by atoms with Gasteiger partial charge in [0.05, 0.1) is 12.6 Å². The summed E-state index contributed by atoms with van der Waals surface area (Å²) in [6, 6.07) is 3.26. The van der Waals surface area contributed by atoms with Gasteiger partial charge >= 0.3 is 0 Å². The van der Waals surface area contributed by atoms with Gasteiger partial charge in [-0.25, -0.2) is 8.42 Å². The van der Waals surface area contributed by atoms with Crippen LogP contribution >= 0.6 is 11.3 Å². The monoisotopic (exact) mass is 387 g/mol. The molecule has 3 heterocycles. The van der Waals surface area contributed by atoms with Crippen molar-refractivity contribution in [1.29, 1.82) is 0 Å². The Labute approximate surface area is 153 Å². The Bertz CT molecular complexity index is 664. The number of likely N-dealkylation sites (N-methyl/N-ethyl adjacent to an activating group) is 1. The molecule has 0 saturated carbocycles. The number of amides is 1. The molecule has 7 nitrogen and oxygen atoms in total. The van der Waals surface area contributed by atoms with Crippen molar-refractivity contribution in [2.24, 2.45) is 0 Å². The Balaban J connectivity index is 1.47. The molecule has 0 N–H and O–H groups in total. The molecule has 0 aromatic carbocycles. The summed E-state index contributed by atoms with van der Waals surface area (Å²) in [7, 11) is -2.12. The van der Waals surface area contributed by atoms with Crippen molar-refractivity contribution >= 4 is 27.3 Å². The summed E-state index contributed by atoms with van der Waals surface area (Å²) in [5, 5.41) is 1.72. The van der Waals surface area contributed by atoms with E-state index < -0.39 is 10.0 Å². The minimum Gasteiger partial charge on any atom is -0.377 e. The highest BCUT2D eigenvalue weighted by molar-refractivity contribution is 7.91. The maximum atomic E-state index is 12.5. The molecule has 25 heavy (non-hydrogen) atoms. The normalized spacial score (nSPS) is 22.6. The van der Waals surface area contributed by atoms with E-state index in [9.17, 15) is 13.2 Å². The molecule has 0 aliphatic carbocycles. The van der Waals surface area contributed by atoms with E-state index in [-0.39, 0.29) is 16.7 Å². The predicted octanol–water partition coefficient (Wildman–Crippen LogP) is 0.692. The first-order chi connectivity index (χ1) is 12.0. The van der Waals surface area contributed by atoms with Crippen LogP contribution in [0.1, 0.15) is 12.8 Å². The zero-order valence-corrected chi connectivity index (χ0v) is 16.1. The van der Waals surface area contributed by atoms with Crippen LogP contribution in [0.3, 0.4) is 0 Å². The molecule has 0 bridgehead atoms. The second-order valence-electron chi connectivity index (χ2n) is 6.51. The van der Waals surface area contributed by atoms with Crippen molar-refractivity contribution < 1.29 is 17.9 Å². The van der Waals surface area contributed by atoms with Crippen LogP contribution in [-0.2, 0) is 19.6 Å². The summed E-state index contributed by atoms with van der Waals surface area (Å²) < 4.78 is 31.9. The van der Waals surface area contributed by atoms with Crippen molar-refractivity contribution in [3.05, 3.63) is 17.5 Å². The zero-order chi connectivity index (χ0) is 17.9. The van der Waals surface area contributed by atoms with E-state index in [1.165, 1.54) is 7.05 Å². The topological polar surface area (TPSA) is 70.2 Å². The number of hydrogen-bond donors (Lipinski definition) is 0. The lowest BCUT2D eigenvalue weighted by atomic mass is 10.2. The molecule has 2 fully saturated rings. The van der Waals surface area contributed by atoms with E-state index in [2.05, 4.69) is 4.90 Å². The van der Waals surface area contributed by atoms with Gasteiger partial charge in [-0.05, 0) is 24.3 Å². The van der Waals surface area contributed by atoms with Gasteiger partial charge < -0.3 is 9.64 Å². The van der Waals surface area contributed by atoms with Crippen LogP contribution in [0.4, 0.5) is 0 Å². The molecule has 3 rings (SSSR count). The number of rotatable bonds is 6. The van der Waals surface area contributed by atoms with Crippen molar-refractivity contribution in [3.63, 3.8) is 0 Å². The molecule has 2 aliphatic rings. The quantitative estimate of drug-likeness (QED) is 0.718. The average molecular weight is 388 g/mol. The van der Waals surface area contributed by atoms with Crippen LogP contribution < -0.4 is 0 Å². The molecule has 140 valence electrons. The SMILES string of the molecule is CN(CC(=O)N1CCN(CC2CCCO2)CC1)S(=O)(=O)c1cccs1. The first-order valence-corrected chi connectivity index (χ1v) is 10.9. The van der Waals surface area contributed by atoms with Gasteiger partial charge in [-0.2, -0.15) is 4.31 Å². The van der Waals surface area contributed by atoms with Gasteiger partial charge in [0.15, 0.2) is 0 Å². The predicted molar refractivity (Wildman–Crippen MR) is 96.1 cm³/mol. The third-order valence-electron chi connectivity index (χ3n) is 4.73. The van der Waals surface area contributed by atoms with E-state index in [1.54, 1.807) is 22.4 Å². The van der Waals surface area contributed by atoms with E-state index in [0.717, 1.165) is 54.7 Å². The van der Waals surface area contributed by atoms with Gasteiger partial charge in [-0.15, -0.1) is 11.3 Å². The summed E-state index contributed by atoms with van der Waals surface area (Å²) in [5.74, 6) is -0.139. The lowest BCUT2D eigenvalue weighted by molar-refractivity contribution is -0.133. The number of piperazine rings is 1. The first-order valence-electron chi connectivity index (χ1n) is 8.58. The van der Waals surface area contributed by atoms with Crippen molar-refractivity contribution in [2.45, 2.75) is 23.2 Å². The fourth-order valence-electron chi connectivity index (χ4n) is 3.20. The molecular formula is C16H25N3O4S2. The van der Waals surface area contributed by atoms with Crippen LogP contribution in [0.5, 0.6) is 0 Å². The second-order valence-corrected chi connectivity index (χ2v) is 9.73. The van der Waals surface area contributed by atoms with Crippen LogP contribution in [0.25, 0.3) is 0 Å². The molecule has 1 amide bonds. The second kappa shape index (κ2) is 8.13. The Morgan fingerprint density at radius 1 is 1.36 bits per heavy atom. The third-order valence-corrected chi connectivity index (χ3v) is 7.90. The molecule has 2 aliphatic heterocycles. The Morgan fingerprint density at radius 2 is 2.12 bits per heavy atom. The molecule has 1 aromatic heterocycles. The summed E-state index contributed by atoms with van der Waals surface area (Å²) in [6.07, 6.45) is 2.57. The number of nitrogens with zero attached hydrogens (tertiary/aromatic N) is 3. The Hall–Kier alpha value is -1.00. The molecule has 0 spiro atoms. The maximum Gasteiger partial charge on any atom is 0.252 e. The Morgan fingerprint density at radius 3 is 2.72 bits per heavy atom. The van der Waals surface area contributed by atoms with E-state index in [4.69, 9.17) is 4.74 Å². The van der Waals surface area contributed by atoms with E-state index >= 15 is 0 Å². The van der Waals surface area contributed by atoms with Crippen molar-refractivity contribution in [1.82, 2.24) is 14.1 Å². The van der Waals surface area contributed by atoms with Gasteiger partial charge in [-0.3, -0.25) is 9.69 Å². The van der Waals surface area contributed by atoms with Crippen LogP contribution in [0, 0.1) is 0 Å². The molecular weight excluding hydrogens is 362 g/mol. The lowest BCUT2D eigenvalue weighted by Gasteiger charge is -2.36. The van der Waals surface area contributed by atoms with Gasteiger partial charge in [0.25, 0.3) is 10.0 Å². The third kappa shape index (κ3) is 4.59. The van der Waals surface area contributed by atoms with Gasteiger partial charge in [0, 0.05) is 46.4 Å². The number of carbonyl (C=O) groups is 1. The van der Waals surface area contributed by atoms with Crippen molar-refractivity contribution in [3.8, 4) is 0 Å². The summed E-state index contributed by atoms with van der Waals surface area (Å²) in [4.78, 5) is 16.5. The average Bonchev–Trinajstić information content (AvgIpc) is 3.29. The maximum absolute atomic E-state index is 12.5. The fourth-order valence-corrected chi connectivity index (χ4v) is 5.52. The Kier molecular flexibility index (Phi) is 6.11. The molecule has 9 heteroatoms. The smallest absolute Gasteiger partial charge is 0.252 e. The summed E-state index contributed by atoms with van der Waals surface area (Å²) in [5.41, 5.74) is 0. The van der Waals surface area contributed by atoms with Crippen LogP contribution in [0.2, 0.25) is 0 Å². The highest BCUT2D eigenvalue weighted by Crippen LogP contribution is 2.20. The highest BCUT2D eigenvalue weighted by Gasteiger charge is 2.28. The number of sulfonamides is 1. The van der Waals surface area contributed by atoms with Gasteiger partial charge in [-0.1, -0.05) is 6.07 Å². The summed E-state index contributed by atoms with van der Waals surface area (Å²) in [6.45, 7) is 4.56. The van der Waals surface area contributed by atoms with Crippen LogP contribution in [0.15, 0.2) is 21.7 Å². The van der Waals surface area contributed by atoms with E-state index in [0.29, 0.717) is 19.2 Å². The fraction of sp³-hybridized carbons (Fsp3) is 0.688. The minimum absolute atomic E-state index is 0.119. The van der Waals surface area contributed by atoms with Gasteiger partial charge in [0.2, 0.25) is 5.91 Å². The molecule has 0 radical (unpaired) electrons. The number of hydrogen-bond acceptors (Lipinski definition) is 6. The summed E-state index contributed by atoms with van der Waals surface area (Å²) >= 11 is 1.16.